The van der Waals surface area contributed by atoms with Gasteiger partial charge in [0.1, 0.15) is 5.82 Å². The van der Waals surface area contributed by atoms with Crippen LogP contribution in [0.25, 0.3) is 10.9 Å². The molecule has 0 spiro atoms. The normalized spacial score (nSPS) is 10.9. The lowest BCUT2D eigenvalue weighted by Gasteiger charge is -2.05. The fraction of sp³-hybridized carbons (Fsp3) is 0. The molecular formula is C14H8BrF2NO. The molecule has 0 saturated heterocycles. The number of rotatable bonds is 2. The summed E-state index contributed by atoms with van der Waals surface area (Å²) in [4.78, 5) is 2.94. The van der Waals surface area contributed by atoms with Crippen LogP contribution in [0.1, 0.15) is 0 Å². The van der Waals surface area contributed by atoms with E-state index in [-0.39, 0.29) is 11.6 Å². The Morgan fingerprint density at radius 3 is 2.63 bits per heavy atom. The summed E-state index contributed by atoms with van der Waals surface area (Å²) in [5, 5.41) is 0.572. The number of fused-ring (bicyclic) bond motifs is 1. The van der Waals surface area contributed by atoms with Crippen LogP contribution < -0.4 is 4.74 Å². The smallest absolute Gasteiger partial charge is 0.166 e. The number of halogens is 3. The summed E-state index contributed by atoms with van der Waals surface area (Å²) in [6.45, 7) is 0. The van der Waals surface area contributed by atoms with Crippen LogP contribution in [0.15, 0.2) is 47.1 Å². The standard InChI is InChI=1S/C14H8BrF2NO/c15-8-1-4-13(11(17)5-8)19-14-7-18-12-3-2-9(16)6-10(12)14/h1-7,18H. The first kappa shape index (κ1) is 12.2. The van der Waals surface area contributed by atoms with Crippen LogP contribution in [0.2, 0.25) is 0 Å². The maximum absolute atomic E-state index is 13.7. The summed E-state index contributed by atoms with van der Waals surface area (Å²) in [6, 6.07) is 8.80. The van der Waals surface area contributed by atoms with Crippen LogP contribution in [0.5, 0.6) is 11.5 Å². The molecule has 0 bridgehead atoms. The number of nitrogens with one attached hydrogen (secondary N) is 1. The molecule has 0 aliphatic carbocycles. The Hall–Kier alpha value is -1.88. The Kier molecular flexibility index (Phi) is 2.98. The van der Waals surface area contributed by atoms with Crippen LogP contribution in [0, 0.1) is 11.6 Å². The van der Waals surface area contributed by atoms with Crippen molar-refractivity contribution in [1.82, 2.24) is 4.98 Å². The molecule has 0 aliphatic heterocycles. The van der Waals surface area contributed by atoms with Gasteiger partial charge in [-0.05, 0) is 36.4 Å². The van der Waals surface area contributed by atoms with Crippen molar-refractivity contribution in [2.24, 2.45) is 0 Å². The summed E-state index contributed by atoms with van der Waals surface area (Å²) in [5.41, 5.74) is 0.730. The van der Waals surface area contributed by atoms with E-state index in [1.807, 2.05) is 0 Å². The average molecular weight is 324 g/mol. The highest BCUT2D eigenvalue weighted by Gasteiger charge is 2.10. The Morgan fingerprint density at radius 1 is 1.00 bits per heavy atom. The lowest BCUT2D eigenvalue weighted by atomic mass is 10.2. The van der Waals surface area contributed by atoms with E-state index in [9.17, 15) is 8.78 Å². The monoisotopic (exact) mass is 323 g/mol. The van der Waals surface area contributed by atoms with Gasteiger partial charge in [0.25, 0.3) is 0 Å². The second kappa shape index (κ2) is 4.66. The predicted octanol–water partition coefficient (Wildman–Crippen LogP) is 5.00. The van der Waals surface area contributed by atoms with Gasteiger partial charge in [0.05, 0.1) is 0 Å². The van der Waals surface area contributed by atoms with Crippen molar-refractivity contribution >= 4 is 26.8 Å². The third-order valence-electron chi connectivity index (χ3n) is 2.72. The van der Waals surface area contributed by atoms with Crippen molar-refractivity contribution in [3.05, 3.63) is 58.7 Å². The molecular weight excluding hydrogens is 316 g/mol. The van der Waals surface area contributed by atoms with Crippen molar-refractivity contribution in [2.75, 3.05) is 0 Å². The maximum Gasteiger partial charge on any atom is 0.166 e. The molecule has 0 amide bonds. The quantitative estimate of drug-likeness (QED) is 0.705. The van der Waals surface area contributed by atoms with Gasteiger partial charge in [-0.3, -0.25) is 0 Å². The molecule has 19 heavy (non-hydrogen) atoms. The number of ether oxygens (including phenoxy) is 1. The average Bonchev–Trinajstić information content (AvgIpc) is 2.75. The van der Waals surface area contributed by atoms with Gasteiger partial charge >= 0.3 is 0 Å². The Balaban J connectivity index is 2.03. The minimum Gasteiger partial charge on any atom is -0.452 e. The first-order chi connectivity index (χ1) is 9.13. The van der Waals surface area contributed by atoms with Gasteiger partial charge < -0.3 is 9.72 Å². The Labute approximate surface area is 116 Å². The van der Waals surface area contributed by atoms with Crippen molar-refractivity contribution in [2.45, 2.75) is 0 Å². The molecule has 1 N–H and O–H groups in total. The predicted molar refractivity (Wildman–Crippen MR) is 72.4 cm³/mol. The molecule has 96 valence electrons. The summed E-state index contributed by atoms with van der Waals surface area (Å²) in [5.74, 6) is -0.377. The van der Waals surface area contributed by atoms with Crippen molar-refractivity contribution in [3.8, 4) is 11.5 Å². The molecule has 0 unspecified atom stereocenters. The summed E-state index contributed by atoms with van der Waals surface area (Å²) in [6.07, 6.45) is 1.57. The summed E-state index contributed by atoms with van der Waals surface area (Å²) in [7, 11) is 0. The third kappa shape index (κ3) is 2.33. The van der Waals surface area contributed by atoms with Crippen molar-refractivity contribution < 1.29 is 13.5 Å². The minimum atomic E-state index is -0.486. The van der Waals surface area contributed by atoms with E-state index in [1.54, 1.807) is 18.3 Å². The first-order valence-electron chi connectivity index (χ1n) is 5.53. The van der Waals surface area contributed by atoms with Gasteiger partial charge in [-0.2, -0.15) is 0 Å². The van der Waals surface area contributed by atoms with Crippen molar-refractivity contribution in [3.63, 3.8) is 0 Å². The van der Waals surface area contributed by atoms with Gasteiger partial charge in [0, 0.05) is 21.6 Å². The van der Waals surface area contributed by atoms with E-state index < -0.39 is 5.82 Å². The fourth-order valence-corrected chi connectivity index (χ4v) is 2.16. The highest BCUT2D eigenvalue weighted by molar-refractivity contribution is 9.10. The second-order valence-electron chi connectivity index (χ2n) is 4.02. The van der Waals surface area contributed by atoms with Gasteiger partial charge in [0.2, 0.25) is 0 Å². The van der Waals surface area contributed by atoms with Crippen LogP contribution in [-0.2, 0) is 0 Å². The SMILES string of the molecule is Fc1ccc2[nH]cc(Oc3ccc(Br)cc3F)c2c1. The van der Waals surface area contributed by atoms with E-state index in [4.69, 9.17) is 4.74 Å². The van der Waals surface area contributed by atoms with E-state index in [1.165, 1.54) is 24.3 Å². The van der Waals surface area contributed by atoms with Crippen LogP contribution in [-0.4, -0.2) is 4.98 Å². The summed E-state index contributed by atoms with van der Waals surface area (Å²) < 4.78 is 33.0. The second-order valence-corrected chi connectivity index (χ2v) is 4.94. The number of aromatic nitrogens is 1. The highest BCUT2D eigenvalue weighted by atomic mass is 79.9. The molecule has 3 rings (SSSR count). The molecule has 0 fully saturated rings. The van der Waals surface area contributed by atoms with E-state index in [2.05, 4.69) is 20.9 Å². The Bertz CT molecular complexity index is 754. The lowest BCUT2D eigenvalue weighted by molar-refractivity contribution is 0.446. The molecule has 3 aromatic rings. The Morgan fingerprint density at radius 2 is 1.84 bits per heavy atom. The number of aromatic amines is 1. The topological polar surface area (TPSA) is 25.0 Å². The van der Waals surface area contributed by atoms with E-state index >= 15 is 0 Å². The molecule has 2 aromatic carbocycles. The fourth-order valence-electron chi connectivity index (χ4n) is 1.83. The van der Waals surface area contributed by atoms with Crippen LogP contribution in [0.3, 0.4) is 0 Å². The molecule has 0 atom stereocenters. The molecule has 0 saturated carbocycles. The van der Waals surface area contributed by atoms with Crippen LogP contribution >= 0.6 is 15.9 Å². The molecule has 1 heterocycles. The highest BCUT2D eigenvalue weighted by Crippen LogP contribution is 2.32. The lowest BCUT2D eigenvalue weighted by Crippen LogP contribution is -1.87. The molecule has 1 aromatic heterocycles. The zero-order valence-electron chi connectivity index (χ0n) is 9.58. The van der Waals surface area contributed by atoms with Gasteiger partial charge in [0.15, 0.2) is 17.3 Å². The molecule has 0 aliphatic rings. The summed E-state index contributed by atoms with van der Waals surface area (Å²) >= 11 is 3.17. The first-order valence-corrected chi connectivity index (χ1v) is 6.32. The van der Waals surface area contributed by atoms with Crippen molar-refractivity contribution in [1.29, 1.82) is 0 Å². The van der Waals surface area contributed by atoms with Gasteiger partial charge in [-0.1, -0.05) is 15.9 Å². The number of benzene rings is 2. The number of hydrogen-bond donors (Lipinski definition) is 1. The third-order valence-corrected chi connectivity index (χ3v) is 3.21. The van der Waals surface area contributed by atoms with Crippen LogP contribution in [0.4, 0.5) is 8.78 Å². The molecule has 5 heteroatoms. The van der Waals surface area contributed by atoms with E-state index in [0.717, 1.165) is 5.52 Å². The minimum absolute atomic E-state index is 0.0911. The van der Waals surface area contributed by atoms with Gasteiger partial charge in [-0.25, -0.2) is 8.78 Å². The zero-order valence-corrected chi connectivity index (χ0v) is 11.2. The number of hydrogen-bond acceptors (Lipinski definition) is 1. The molecule has 0 radical (unpaired) electrons. The van der Waals surface area contributed by atoms with Gasteiger partial charge in [-0.15, -0.1) is 0 Å². The maximum atomic E-state index is 13.7. The number of H-pyrrole nitrogens is 1. The molecule has 2 nitrogen and oxygen atoms in total. The zero-order chi connectivity index (χ0) is 13.4. The van der Waals surface area contributed by atoms with E-state index in [0.29, 0.717) is 15.6 Å². The largest absolute Gasteiger partial charge is 0.452 e.